The first-order chi connectivity index (χ1) is 11.0. The first-order valence-electron chi connectivity index (χ1n) is 6.70. The van der Waals surface area contributed by atoms with E-state index in [0.29, 0.717) is 16.5 Å². The molecule has 0 aliphatic rings. The van der Waals surface area contributed by atoms with Crippen LogP contribution in [-0.4, -0.2) is 10.8 Å². The van der Waals surface area contributed by atoms with Gasteiger partial charge in [0.1, 0.15) is 11.4 Å². The second-order valence-electron chi connectivity index (χ2n) is 4.96. The minimum absolute atomic E-state index is 0.0390. The van der Waals surface area contributed by atoms with Crippen molar-refractivity contribution >= 4 is 28.3 Å². The number of nitrogens with zero attached hydrogens (tertiary/aromatic N) is 1. The summed E-state index contributed by atoms with van der Waals surface area (Å²) in [6, 6.07) is 9.55. The van der Waals surface area contributed by atoms with E-state index >= 15 is 0 Å². The Morgan fingerprint density at radius 3 is 2.78 bits per heavy atom. The van der Waals surface area contributed by atoms with Crippen LogP contribution < -0.4 is 5.32 Å². The highest BCUT2D eigenvalue weighted by Gasteiger charge is 2.18. The standard InChI is InChI=1S/C16H11FN2O4/c1-9-13-7-10(17)5-6-14(13)23-15(9)16(20)18-11-3-2-4-12(8-11)19(21)22/h2-8H,1H3,(H,18,20). The summed E-state index contributed by atoms with van der Waals surface area (Å²) in [6.45, 7) is 1.65. The minimum Gasteiger partial charge on any atom is -0.451 e. The molecule has 0 atom stereocenters. The lowest BCUT2D eigenvalue weighted by molar-refractivity contribution is -0.384. The summed E-state index contributed by atoms with van der Waals surface area (Å²) in [6.07, 6.45) is 0. The molecule has 1 heterocycles. The van der Waals surface area contributed by atoms with Gasteiger partial charge in [-0.1, -0.05) is 6.07 Å². The average molecular weight is 314 g/mol. The van der Waals surface area contributed by atoms with Gasteiger partial charge >= 0.3 is 0 Å². The van der Waals surface area contributed by atoms with Crippen molar-refractivity contribution in [1.29, 1.82) is 0 Å². The SMILES string of the molecule is Cc1c(C(=O)Nc2cccc([N+](=O)[O-])c2)oc2ccc(F)cc12. The van der Waals surface area contributed by atoms with E-state index < -0.39 is 16.6 Å². The van der Waals surface area contributed by atoms with Gasteiger partial charge in [-0.05, 0) is 31.2 Å². The number of non-ortho nitro benzene ring substituents is 1. The second-order valence-corrected chi connectivity index (χ2v) is 4.96. The molecule has 23 heavy (non-hydrogen) atoms. The number of fused-ring (bicyclic) bond motifs is 1. The monoisotopic (exact) mass is 314 g/mol. The number of amides is 1. The number of nitrogens with one attached hydrogen (secondary N) is 1. The number of furan rings is 1. The Balaban J connectivity index is 1.93. The summed E-state index contributed by atoms with van der Waals surface area (Å²) in [4.78, 5) is 22.5. The van der Waals surface area contributed by atoms with E-state index in [1.165, 1.54) is 42.5 Å². The van der Waals surface area contributed by atoms with E-state index in [1.54, 1.807) is 6.92 Å². The number of aryl methyl sites for hydroxylation is 1. The van der Waals surface area contributed by atoms with Crippen molar-refractivity contribution in [2.24, 2.45) is 0 Å². The van der Waals surface area contributed by atoms with Crippen molar-refractivity contribution in [3.63, 3.8) is 0 Å². The molecular formula is C16H11FN2O4. The largest absolute Gasteiger partial charge is 0.451 e. The molecule has 1 aromatic heterocycles. The van der Waals surface area contributed by atoms with Crippen LogP contribution in [0.1, 0.15) is 16.1 Å². The lowest BCUT2D eigenvalue weighted by Crippen LogP contribution is -2.12. The van der Waals surface area contributed by atoms with Gasteiger partial charge in [0.2, 0.25) is 0 Å². The topological polar surface area (TPSA) is 85.4 Å². The average Bonchev–Trinajstić information content (AvgIpc) is 2.84. The molecule has 3 aromatic rings. The van der Waals surface area contributed by atoms with Crippen LogP contribution in [0.2, 0.25) is 0 Å². The molecule has 6 nitrogen and oxygen atoms in total. The molecule has 0 fully saturated rings. The van der Waals surface area contributed by atoms with Gasteiger partial charge in [0.05, 0.1) is 4.92 Å². The zero-order valence-corrected chi connectivity index (χ0v) is 12.0. The van der Waals surface area contributed by atoms with Crippen LogP contribution in [0.3, 0.4) is 0 Å². The molecular weight excluding hydrogens is 303 g/mol. The fourth-order valence-electron chi connectivity index (χ4n) is 2.29. The molecule has 0 spiro atoms. The Labute approximate surface area is 129 Å². The van der Waals surface area contributed by atoms with Gasteiger partial charge in [-0.3, -0.25) is 14.9 Å². The molecule has 0 aliphatic carbocycles. The smallest absolute Gasteiger partial charge is 0.291 e. The second kappa shape index (κ2) is 5.53. The number of halogens is 1. The number of nitro groups is 1. The Bertz CT molecular complexity index is 933. The molecule has 0 bridgehead atoms. The van der Waals surface area contributed by atoms with Crippen molar-refractivity contribution in [2.75, 3.05) is 5.32 Å². The number of hydrogen-bond acceptors (Lipinski definition) is 4. The van der Waals surface area contributed by atoms with Crippen LogP contribution in [0.5, 0.6) is 0 Å². The zero-order chi connectivity index (χ0) is 16.6. The summed E-state index contributed by atoms with van der Waals surface area (Å²) < 4.78 is 18.7. The molecule has 7 heteroatoms. The van der Waals surface area contributed by atoms with Crippen molar-refractivity contribution < 1.29 is 18.5 Å². The zero-order valence-electron chi connectivity index (χ0n) is 12.0. The van der Waals surface area contributed by atoms with E-state index in [9.17, 15) is 19.3 Å². The highest BCUT2D eigenvalue weighted by atomic mass is 19.1. The summed E-state index contributed by atoms with van der Waals surface area (Å²) in [5.41, 5.74) is 1.04. The van der Waals surface area contributed by atoms with Gasteiger partial charge in [-0.15, -0.1) is 0 Å². The number of nitro benzene ring substituents is 1. The normalized spacial score (nSPS) is 10.7. The Morgan fingerprint density at radius 1 is 1.26 bits per heavy atom. The number of rotatable bonds is 3. The lowest BCUT2D eigenvalue weighted by Gasteiger charge is -2.03. The fourth-order valence-corrected chi connectivity index (χ4v) is 2.29. The molecule has 3 rings (SSSR count). The van der Waals surface area contributed by atoms with Gasteiger partial charge < -0.3 is 9.73 Å². The van der Waals surface area contributed by atoms with Crippen molar-refractivity contribution in [3.05, 3.63) is 69.7 Å². The van der Waals surface area contributed by atoms with Gasteiger partial charge in [0.25, 0.3) is 11.6 Å². The third-order valence-corrected chi connectivity index (χ3v) is 3.42. The molecule has 1 amide bonds. The summed E-state index contributed by atoms with van der Waals surface area (Å²) in [5, 5.41) is 13.8. The Hall–Kier alpha value is -3.22. The van der Waals surface area contributed by atoms with Crippen molar-refractivity contribution in [1.82, 2.24) is 0 Å². The quantitative estimate of drug-likeness (QED) is 0.584. The Morgan fingerprint density at radius 2 is 2.04 bits per heavy atom. The van der Waals surface area contributed by atoms with Crippen LogP contribution in [-0.2, 0) is 0 Å². The first kappa shape index (κ1) is 14.7. The first-order valence-corrected chi connectivity index (χ1v) is 6.70. The van der Waals surface area contributed by atoms with Gasteiger partial charge in [0.15, 0.2) is 5.76 Å². The molecule has 0 unspecified atom stereocenters. The van der Waals surface area contributed by atoms with Crippen LogP contribution in [0, 0.1) is 22.9 Å². The third-order valence-electron chi connectivity index (χ3n) is 3.42. The molecule has 0 aliphatic heterocycles. The maximum Gasteiger partial charge on any atom is 0.291 e. The highest BCUT2D eigenvalue weighted by Crippen LogP contribution is 2.27. The molecule has 0 saturated carbocycles. The van der Waals surface area contributed by atoms with Crippen LogP contribution >= 0.6 is 0 Å². The molecule has 2 aromatic carbocycles. The van der Waals surface area contributed by atoms with Gasteiger partial charge in [-0.25, -0.2) is 4.39 Å². The third kappa shape index (κ3) is 2.76. The Kier molecular flexibility index (Phi) is 3.53. The number of carbonyl (C=O) groups excluding carboxylic acids is 1. The summed E-state index contributed by atoms with van der Waals surface area (Å²) >= 11 is 0. The number of benzene rings is 2. The van der Waals surface area contributed by atoms with Crippen molar-refractivity contribution in [2.45, 2.75) is 6.92 Å². The predicted octanol–water partition coefficient (Wildman–Crippen LogP) is 4.04. The summed E-state index contributed by atoms with van der Waals surface area (Å²) in [7, 11) is 0. The molecule has 1 N–H and O–H groups in total. The minimum atomic E-state index is -0.556. The fraction of sp³-hybridized carbons (Fsp3) is 0.0625. The highest BCUT2D eigenvalue weighted by molar-refractivity contribution is 6.06. The van der Waals surface area contributed by atoms with E-state index in [1.807, 2.05) is 0 Å². The number of carbonyl (C=O) groups is 1. The summed E-state index contributed by atoms with van der Waals surface area (Å²) in [5.74, 6) is -0.941. The number of hydrogen-bond donors (Lipinski definition) is 1. The van der Waals surface area contributed by atoms with E-state index in [4.69, 9.17) is 4.42 Å². The predicted molar refractivity (Wildman–Crippen MR) is 82.0 cm³/mol. The molecule has 116 valence electrons. The van der Waals surface area contributed by atoms with E-state index in [2.05, 4.69) is 5.32 Å². The lowest BCUT2D eigenvalue weighted by atomic mass is 10.1. The maximum absolute atomic E-state index is 13.3. The van der Waals surface area contributed by atoms with Crippen LogP contribution in [0.15, 0.2) is 46.9 Å². The molecule has 0 radical (unpaired) electrons. The van der Waals surface area contributed by atoms with Crippen LogP contribution in [0.25, 0.3) is 11.0 Å². The number of anilines is 1. The molecule has 0 saturated heterocycles. The van der Waals surface area contributed by atoms with Gasteiger partial charge in [0, 0.05) is 28.8 Å². The maximum atomic E-state index is 13.3. The van der Waals surface area contributed by atoms with Crippen molar-refractivity contribution in [3.8, 4) is 0 Å². The van der Waals surface area contributed by atoms with Gasteiger partial charge in [-0.2, -0.15) is 0 Å². The van der Waals surface area contributed by atoms with Crippen LogP contribution in [0.4, 0.5) is 15.8 Å². The van der Waals surface area contributed by atoms with E-state index in [-0.39, 0.29) is 17.1 Å². The van der Waals surface area contributed by atoms with E-state index in [0.717, 1.165) is 0 Å².